The van der Waals surface area contributed by atoms with Gasteiger partial charge in [0.2, 0.25) is 11.8 Å². The minimum Gasteiger partial charge on any atom is -0.492 e. The number of halogens is 2. The van der Waals surface area contributed by atoms with E-state index in [2.05, 4.69) is 5.32 Å². The van der Waals surface area contributed by atoms with Crippen LogP contribution in [0.5, 0.6) is 5.75 Å². The Hall–Kier alpha value is -2.51. The second-order valence-electron chi connectivity index (χ2n) is 6.09. The number of carbonyl (C=O) groups excluding carboxylic acids is 3. The van der Waals surface area contributed by atoms with E-state index < -0.39 is 11.9 Å². The predicted molar refractivity (Wildman–Crippen MR) is 109 cm³/mol. The fraction of sp³-hybridized carbons (Fsp3) is 0.350. The number of hydrogen-bond donors (Lipinski definition) is 1. The number of esters is 1. The average Bonchev–Trinajstić information content (AvgIpc) is 2.96. The van der Waals surface area contributed by atoms with Crippen LogP contribution in [0, 0.1) is 6.92 Å². The lowest BCUT2D eigenvalue weighted by Gasteiger charge is -2.08. The highest BCUT2D eigenvalue weighted by Crippen LogP contribution is 2.29. The zero-order valence-corrected chi connectivity index (χ0v) is 17.8. The van der Waals surface area contributed by atoms with Gasteiger partial charge < -0.3 is 13.9 Å². The number of furan rings is 1. The van der Waals surface area contributed by atoms with E-state index in [1.807, 2.05) is 0 Å². The topological polar surface area (TPSA) is 94.8 Å². The highest BCUT2D eigenvalue weighted by Gasteiger charge is 2.28. The van der Waals surface area contributed by atoms with Crippen molar-refractivity contribution in [2.75, 3.05) is 18.5 Å². The van der Waals surface area contributed by atoms with E-state index in [-0.39, 0.29) is 48.2 Å². The van der Waals surface area contributed by atoms with E-state index in [1.165, 1.54) is 6.92 Å². The first-order valence-corrected chi connectivity index (χ1v) is 9.69. The summed E-state index contributed by atoms with van der Waals surface area (Å²) in [6.45, 7) is 4.86. The lowest BCUT2D eigenvalue weighted by molar-refractivity contribution is -0.116. The Bertz CT molecular complexity index is 922. The molecule has 0 aliphatic carbocycles. The fourth-order valence-electron chi connectivity index (χ4n) is 2.65. The van der Waals surface area contributed by atoms with Crippen molar-refractivity contribution in [1.29, 1.82) is 0 Å². The largest absolute Gasteiger partial charge is 0.492 e. The third kappa shape index (κ3) is 5.98. The SMILES string of the molecule is CCOC(=O)c1c(NC(=O)CCCOc2ccc(Cl)cc2Cl)oc(C)c1C(C)=O. The number of rotatable bonds is 9. The van der Waals surface area contributed by atoms with Crippen molar-refractivity contribution >= 4 is 46.7 Å². The van der Waals surface area contributed by atoms with Gasteiger partial charge in [-0.1, -0.05) is 23.2 Å². The quantitative estimate of drug-likeness (QED) is 0.331. The number of benzene rings is 1. The Morgan fingerprint density at radius 1 is 1.17 bits per heavy atom. The molecule has 1 aromatic heterocycles. The van der Waals surface area contributed by atoms with Crippen molar-refractivity contribution in [3.05, 3.63) is 45.1 Å². The van der Waals surface area contributed by atoms with Gasteiger partial charge in [-0.15, -0.1) is 0 Å². The van der Waals surface area contributed by atoms with Gasteiger partial charge in [0.05, 0.1) is 23.8 Å². The lowest BCUT2D eigenvalue weighted by atomic mass is 10.1. The number of amides is 1. The molecule has 0 aliphatic rings. The second kappa shape index (κ2) is 10.3. The van der Waals surface area contributed by atoms with Gasteiger partial charge in [-0.3, -0.25) is 14.9 Å². The third-order valence-corrected chi connectivity index (χ3v) is 4.40. The van der Waals surface area contributed by atoms with E-state index in [4.69, 9.17) is 37.1 Å². The Labute approximate surface area is 178 Å². The highest BCUT2D eigenvalue weighted by atomic mass is 35.5. The number of aryl methyl sites for hydroxylation is 1. The van der Waals surface area contributed by atoms with Crippen molar-refractivity contribution in [2.45, 2.75) is 33.6 Å². The Balaban J connectivity index is 1.98. The van der Waals surface area contributed by atoms with Crippen LogP contribution in [-0.4, -0.2) is 30.9 Å². The molecule has 1 aromatic carbocycles. The molecule has 2 rings (SSSR count). The first kappa shape index (κ1) is 22.8. The van der Waals surface area contributed by atoms with Crippen LogP contribution in [0.15, 0.2) is 22.6 Å². The number of carbonyl (C=O) groups is 3. The monoisotopic (exact) mass is 441 g/mol. The van der Waals surface area contributed by atoms with E-state index in [1.54, 1.807) is 32.0 Å². The van der Waals surface area contributed by atoms with Gasteiger partial charge in [0, 0.05) is 11.4 Å². The van der Waals surface area contributed by atoms with Crippen LogP contribution in [0.3, 0.4) is 0 Å². The molecule has 7 nitrogen and oxygen atoms in total. The predicted octanol–water partition coefficient (Wildman–Crippen LogP) is 5.07. The van der Waals surface area contributed by atoms with Crippen molar-refractivity contribution in [2.24, 2.45) is 0 Å². The smallest absolute Gasteiger partial charge is 0.344 e. The molecule has 1 N–H and O–H groups in total. The molecular formula is C20H21Cl2NO6. The summed E-state index contributed by atoms with van der Waals surface area (Å²) in [4.78, 5) is 36.4. The number of hydrogen-bond acceptors (Lipinski definition) is 6. The maximum atomic E-state index is 12.3. The standard InChI is InChI=1S/C20H21Cl2NO6/c1-4-27-20(26)18-17(11(2)24)12(3)29-19(18)23-16(25)6-5-9-28-15-8-7-13(21)10-14(15)22/h7-8,10H,4-6,9H2,1-3H3,(H,23,25). The first-order valence-electron chi connectivity index (χ1n) is 8.93. The summed E-state index contributed by atoms with van der Waals surface area (Å²) in [5.74, 6) is -0.887. The molecule has 0 aliphatic heterocycles. The Kier molecular flexibility index (Phi) is 8.10. The minimum absolute atomic E-state index is 0.0746. The van der Waals surface area contributed by atoms with E-state index in [9.17, 15) is 14.4 Å². The Morgan fingerprint density at radius 3 is 2.52 bits per heavy atom. The number of anilines is 1. The lowest BCUT2D eigenvalue weighted by Crippen LogP contribution is -2.16. The molecule has 1 amide bonds. The molecule has 0 bridgehead atoms. The fourth-order valence-corrected chi connectivity index (χ4v) is 3.11. The van der Waals surface area contributed by atoms with Crippen molar-refractivity contribution in [3.63, 3.8) is 0 Å². The van der Waals surface area contributed by atoms with Crippen LogP contribution in [0.4, 0.5) is 5.88 Å². The van der Waals surface area contributed by atoms with Gasteiger partial charge >= 0.3 is 5.97 Å². The van der Waals surface area contributed by atoms with Gasteiger partial charge in [0.1, 0.15) is 17.1 Å². The van der Waals surface area contributed by atoms with Gasteiger partial charge in [-0.2, -0.15) is 0 Å². The van der Waals surface area contributed by atoms with Crippen LogP contribution in [0.1, 0.15) is 53.2 Å². The summed E-state index contributed by atoms with van der Waals surface area (Å²) in [5, 5.41) is 3.40. The summed E-state index contributed by atoms with van der Waals surface area (Å²) in [5.41, 5.74) is 0.0221. The highest BCUT2D eigenvalue weighted by molar-refractivity contribution is 6.35. The summed E-state index contributed by atoms with van der Waals surface area (Å²) >= 11 is 11.8. The average molecular weight is 442 g/mol. The molecule has 0 radical (unpaired) electrons. The number of nitrogens with one attached hydrogen (secondary N) is 1. The van der Waals surface area contributed by atoms with Crippen LogP contribution in [0.2, 0.25) is 10.0 Å². The number of Topliss-reactive ketones (excluding diaryl/α,β-unsaturated/α-hetero) is 1. The molecule has 156 valence electrons. The van der Waals surface area contributed by atoms with Crippen LogP contribution in [0.25, 0.3) is 0 Å². The first-order chi connectivity index (χ1) is 13.7. The molecule has 0 fully saturated rings. The molecule has 0 spiro atoms. The molecule has 1 heterocycles. The molecule has 29 heavy (non-hydrogen) atoms. The van der Waals surface area contributed by atoms with Crippen molar-refractivity contribution in [3.8, 4) is 5.75 Å². The summed E-state index contributed by atoms with van der Waals surface area (Å²) in [7, 11) is 0. The summed E-state index contributed by atoms with van der Waals surface area (Å²) in [6.07, 6.45) is 0.488. The number of ketones is 1. The van der Waals surface area contributed by atoms with Gasteiger partial charge in [0.25, 0.3) is 0 Å². The molecule has 0 atom stereocenters. The van der Waals surface area contributed by atoms with Gasteiger partial charge in [-0.05, 0) is 45.4 Å². The zero-order valence-electron chi connectivity index (χ0n) is 16.3. The maximum Gasteiger partial charge on any atom is 0.344 e. The van der Waals surface area contributed by atoms with Crippen LogP contribution in [-0.2, 0) is 9.53 Å². The third-order valence-electron chi connectivity index (χ3n) is 3.87. The maximum absolute atomic E-state index is 12.3. The second-order valence-corrected chi connectivity index (χ2v) is 6.93. The van der Waals surface area contributed by atoms with Crippen LogP contribution < -0.4 is 10.1 Å². The minimum atomic E-state index is -0.731. The van der Waals surface area contributed by atoms with E-state index >= 15 is 0 Å². The van der Waals surface area contributed by atoms with Crippen LogP contribution >= 0.6 is 23.2 Å². The molecule has 9 heteroatoms. The Morgan fingerprint density at radius 2 is 1.90 bits per heavy atom. The zero-order chi connectivity index (χ0) is 21.6. The normalized spacial score (nSPS) is 10.5. The molecule has 0 saturated heterocycles. The van der Waals surface area contributed by atoms with E-state index in [0.29, 0.717) is 22.2 Å². The van der Waals surface area contributed by atoms with Crippen molar-refractivity contribution < 1.29 is 28.3 Å². The van der Waals surface area contributed by atoms with Crippen molar-refractivity contribution in [1.82, 2.24) is 0 Å². The molecule has 0 unspecified atom stereocenters. The molecule has 0 saturated carbocycles. The molecule has 2 aromatic rings. The van der Waals surface area contributed by atoms with Gasteiger partial charge in [-0.25, -0.2) is 4.79 Å². The van der Waals surface area contributed by atoms with Gasteiger partial charge in [0.15, 0.2) is 5.78 Å². The van der Waals surface area contributed by atoms with E-state index in [0.717, 1.165) is 0 Å². The molecular weight excluding hydrogens is 421 g/mol. The number of ether oxygens (including phenoxy) is 2. The summed E-state index contributed by atoms with van der Waals surface area (Å²) < 4.78 is 15.9. The summed E-state index contributed by atoms with van der Waals surface area (Å²) in [6, 6.07) is 4.86.